The molecule has 1 aromatic heterocycles. The summed E-state index contributed by atoms with van der Waals surface area (Å²) >= 11 is -0.637. The number of aromatic nitrogens is 1. The Morgan fingerprint density at radius 1 is 0.870 bits per heavy atom. The summed E-state index contributed by atoms with van der Waals surface area (Å²) in [7, 11) is 0. The molecular formula is C19H19AlNO2. The summed E-state index contributed by atoms with van der Waals surface area (Å²) < 4.78 is 11.7. The Hall–Kier alpha value is -2.02. The van der Waals surface area contributed by atoms with Gasteiger partial charge in [-0.25, -0.2) is 4.98 Å². The largest absolute Gasteiger partial charge is 0.881 e. The first-order chi connectivity index (χ1) is 11.0. The Kier molecular flexibility index (Phi) is 4.56. The SMILES string of the molecule is Cc1cc(C)cc([O][Al][O]c2cccc3c(C)cc(C)nc23)c1. The van der Waals surface area contributed by atoms with Crippen LogP contribution in [0, 0.1) is 27.7 Å². The molecule has 0 aliphatic rings. The first kappa shape index (κ1) is 15.9. The zero-order valence-corrected chi connectivity index (χ0v) is 15.0. The zero-order valence-electron chi connectivity index (χ0n) is 13.9. The van der Waals surface area contributed by atoms with Gasteiger partial charge >= 0.3 is 15.9 Å². The third-order valence-corrected chi connectivity index (χ3v) is 4.41. The Morgan fingerprint density at radius 3 is 2.35 bits per heavy atom. The van der Waals surface area contributed by atoms with Crippen molar-refractivity contribution >= 4 is 26.8 Å². The van der Waals surface area contributed by atoms with Crippen LogP contribution in [0.15, 0.2) is 42.5 Å². The molecule has 0 saturated heterocycles. The number of hydrogen-bond acceptors (Lipinski definition) is 3. The number of para-hydroxylation sites is 1. The van der Waals surface area contributed by atoms with E-state index >= 15 is 0 Å². The maximum atomic E-state index is 5.91. The monoisotopic (exact) mass is 320 g/mol. The summed E-state index contributed by atoms with van der Waals surface area (Å²) in [6, 6.07) is 14.3. The lowest BCUT2D eigenvalue weighted by Gasteiger charge is -2.12. The second-order valence-corrected chi connectivity index (χ2v) is 6.55. The van der Waals surface area contributed by atoms with Gasteiger partial charge in [0.1, 0.15) is 11.3 Å². The number of aryl methyl sites for hydroxylation is 4. The number of nitrogens with zero attached hydrogens (tertiary/aromatic N) is 1. The van der Waals surface area contributed by atoms with Crippen LogP contribution in [-0.4, -0.2) is 20.9 Å². The second-order valence-electron chi connectivity index (χ2n) is 5.89. The van der Waals surface area contributed by atoms with Crippen LogP contribution in [0.2, 0.25) is 0 Å². The highest BCUT2D eigenvalue weighted by Gasteiger charge is 2.11. The Labute approximate surface area is 143 Å². The molecule has 0 saturated carbocycles. The Morgan fingerprint density at radius 2 is 1.61 bits per heavy atom. The molecule has 3 aromatic rings. The average Bonchev–Trinajstić information content (AvgIpc) is 2.47. The third kappa shape index (κ3) is 3.67. The topological polar surface area (TPSA) is 31.4 Å². The summed E-state index contributed by atoms with van der Waals surface area (Å²) in [5, 5.41) is 1.12. The molecule has 0 unspecified atom stereocenters. The van der Waals surface area contributed by atoms with E-state index in [9.17, 15) is 0 Å². The average molecular weight is 320 g/mol. The van der Waals surface area contributed by atoms with E-state index in [4.69, 9.17) is 7.58 Å². The van der Waals surface area contributed by atoms with Crippen LogP contribution in [0.1, 0.15) is 22.4 Å². The summed E-state index contributed by atoms with van der Waals surface area (Å²) in [6.07, 6.45) is 0. The van der Waals surface area contributed by atoms with Gasteiger partial charge in [-0.3, -0.25) is 0 Å². The van der Waals surface area contributed by atoms with Gasteiger partial charge in [-0.05, 0) is 68.7 Å². The molecule has 1 radical (unpaired) electrons. The Balaban J connectivity index is 1.79. The summed E-state index contributed by atoms with van der Waals surface area (Å²) in [6.45, 7) is 8.23. The quantitative estimate of drug-likeness (QED) is 0.665. The minimum atomic E-state index is -0.637. The van der Waals surface area contributed by atoms with Gasteiger partial charge in [0.2, 0.25) is 0 Å². The molecule has 23 heavy (non-hydrogen) atoms. The van der Waals surface area contributed by atoms with E-state index < -0.39 is 15.9 Å². The van der Waals surface area contributed by atoms with E-state index in [1.165, 1.54) is 16.7 Å². The Bertz CT molecular complexity index is 841. The van der Waals surface area contributed by atoms with E-state index in [0.717, 1.165) is 28.1 Å². The molecule has 0 aliphatic heterocycles. The molecule has 3 rings (SSSR count). The summed E-state index contributed by atoms with van der Waals surface area (Å²) in [5.41, 5.74) is 5.50. The van der Waals surface area contributed by atoms with Gasteiger partial charge in [-0.2, -0.15) is 0 Å². The van der Waals surface area contributed by atoms with E-state index in [-0.39, 0.29) is 0 Å². The van der Waals surface area contributed by atoms with Crippen LogP contribution in [0.25, 0.3) is 10.9 Å². The predicted molar refractivity (Wildman–Crippen MR) is 94.1 cm³/mol. The smallest absolute Gasteiger partial charge is 0.616 e. The van der Waals surface area contributed by atoms with E-state index in [1.54, 1.807) is 0 Å². The van der Waals surface area contributed by atoms with Crippen molar-refractivity contribution in [2.45, 2.75) is 27.7 Å². The van der Waals surface area contributed by atoms with Crippen LogP contribution >= 0.6 is 0 Å². The molecule has 0 N–H and O–H groups in total. The fourth-order valence-electron chi connectivity index (χ4n) is 2.78. The molecule has 115 valence electrons. The molecule has 0 fully saturated rings. The van der Waals surface area contributed by atoms with Gasteiger partial charge in [-0.15, -0.1) is 0 Å². The van der Waals surface area contributed by atoms with Crippen LogP contribution in [0.3, 0.4) is 0 Å². The molecule has 0 bridgehead atoms. The van der Waals surface area contributed by atoms with Gasteiger partial charge < -0.3 is 7.58 Å². The summed E-state index contributed by atoms with van der Waals surface area (Å²) in [5.74, 6) is 1.65. The van der Waals surface area contributed by atoms with Crippen molar-refractivity contribution in [3.63, 3.8) is 0 Å². The van der Waals surface area contributed by atoms with Crippen molar-refractivity contribution in [2.24, 2.45) is 0 Å². The normalized spacial score (nSPS) is 10.6. The predicted octanol–water partition coefficient (Wildman–Crippen LogP) is 4.46. The van der Waals surface area contributed by atoms with E-state index in [2.05, 4.69) is 44.0 Å². The van der Waals surface area contributed by atoms with Gasteiger partial charge in [0.05, 0.1) is 5.75 Å². The third-order valence-electron chi connectivity index (χ3n) is 3.69. The molecule has 1 heterocycles. The van der Waals surface area contributed by atoms with E-state index in [0.29, 0.717) is 0 Å². The summed E-state index contributed by atoms with van der Waals surface area (Å²) in [4.78, 5) is 4.62. The first-order valence-electron chi connectivity index (χ1n) is 7.63. The molecule has 4 heteroatoms. The number of fused-ring (bicyclic) bond motifs is 1. The van der Waals surface area contributed by atoms with Crippen LogP contribution in [0.5, 0.6) is 11.5 Å². The lowest BCUT2D eigenvalue weighted by Crippen LogP contribution is -2.11. The van der Waals surface area contributed by atoms with Crippen LogP contribution in [0.4, 0.5) is 0 Å². The van der Waals surface area contributed by atoms with Crippen LogP contribution in [-0.2, 0) is 0 Å². The highest BCUT2D eigenvalue weighted by Crippen LogP contribution is 2.26. The highest BCUT2D eigenvalue weighted by molar-refractivity contribution is 6.21. The van der Waals surface area contributed by atoms with Gasteiger partial charge in [0, 0.05) is 11.1 Å². The van der Waals surface area contributed by atoms with E-state index in [1.807, 2.05) is 31.2 Å². The number of benzene rings is 2. The van der Waals surface area contributed by atoms with Crippen LogP contribution < -0.4 is 7.58 Å². The van der Waals surface area contributed by atoms with Gasteiger partial charge in [0.15, 0.2) is 0 Å². The number of rotatable bonds is 4. The highest BCUT2D eigenvalue weighted by atomic mass is 27.2. The number of pyridine rings is 1. The lowest BCUT2D eigenvalue weighted by atomic mass is 10.1. The van der Waals surface area contributed by atoms with Gasteiger partial charge in [0.25, 0.3) is 0 Å². The standard InChI is InChI=1S/C11H11NO.C8H10O.Al/c1-7-6-8(2)12-11-9(7)4-3-5-10(11)13;1-6-3-7(2)5-8(9)4-6;/h3-6,13H,1-2H3;3-5,9H,1-2H3;/q;;+2/p-2. The molecule has 0 aliphatic carbocycles. The minimum Gasteiger partial charge on any atom is -0.616 e. The van der Waals surface area contributed by atoms with Crippen molar-refractivity contribution in [2.75, 3.05) is 0 Å². The van der Waals surface area contributed by atoms with Crippen molar-refractivity contribution in [1.82, 2.24) is 4.98 Å². The van der Waals surface area contributed by atoms with Gasteiger partial charge in [-0.1, -0.05) is 18.2 Å². The zero-order chi connectivity index (χ0) is 16.4. The molecule has 2 aromatic carbocycles. The molecule has 0 spiro atoms. The number of hydrogen-bond donors (Lipinski definition) is 0. The molecule has 0 atom stereocenters. The lowest BCUT2D eigenvalue weighted by molar-refractivity contribution is 0.461. The van der Waals surface area contributed by atoms with Crippen molar-refractivity contribution in [3.05, 3.63) is 64.8 Å². The van der Waals surface area contributed by atoms with Crippen molar-refractivity contribution in [3.8, 4) is 11.5 Å². The second kappa shape index (κ2) is 6.62. The molecule has 3 nitrogen and oxygen atoms in total. The fourth-order valence-corrected chi connectivity index (χ4v) is 3.37. The fraction of sp³-hybridized carbons (Fsp3) is 0.211. The van der Waals surface area contributed by atoms with Crippen molar-refractivity contribution < 1.29 is 7.58 Å². The first-order valence-corrected chi connectivity index (χ1v) is 8.57. The van der Waals surface area contributed by atoms with Crippen molar-refractivity contribution in [1.29, 1.82) is 0 Å². The maximum Gasteiger partial charge on any atom is 0.881 e. The molecular weight excluding hydrogens is 301 g/mol. The maximum absolute atomic E-state index is 5.91. The minimum absolute atomic E-state index is 0.637. The molecule has 0 amide bonds.